The second-order valence-electron chi connectivity index (χ2n) is 3.25. The van der Waals surface area contributed by atoms with Gasteiger partial charge in [-0.1, -0.05) is 6.92 Å². The van der Waals surface area contributed by atoms with E-state index < -0.39 is 0 Å². The Hall–Kier alpha value is -1.35. The van der Waals surface area contributed by atoms with Crippen LogP contribution >= 0.6 is 12.4 Å². The number of halogens is 1. The third-order valence-electron chi connectivity index (χ3n) is 2.18. The molecule has 0 amide bonds. The molecule has 3 nitrogen and oxygen atoms in total. The quantitative estimate of drug-likeness (QED) is 0.786. The molecule has 15 heavy (non-hydrogen) atoms. The van der Waals surface area contributed by atoms with Gasteiger partial charge in [-0.3, -0.25) is 9.36 Å². The first kappa shape index (κ1) is 11.7. The van der Waals surface area contributed by atoms with Crippen molar-refractivity contribution >= 4 is 29.3 Å². The van der Waals surface area contributed by atoms with Crippen molar-refractivity contribution in [2.75, 3.05) is 0 Å². The Balaban J connectivity index is 0.00000112. The fourth-order valence-corrected chi connectivity index (χ4v) is 1.50. The average molecular weight is 225 g/mol. The van der Waals surface area contributed by atoms with Crippen molar-refractivity contribution in [2.45, 2.75) is 19.8 Å². The van der Waals surface area contributed by atoms with E-state index in [1.165, 1.54) is 0 Å². The van der Waals surface area contributed by atoms with Crippen LogP contribution < -0.4 is 0 Å². The maximum Gasteiger partial charge on any atom is 0.232 e. The summed E-state index contributed by atoms with van der Waals surface area (Å²) in [6, 6.07) is 5.74. The summed E-state index contributed by atoms with van der Waals surface area (Å²) in [7, 11) is 0. The predicted molar refractivity (Wildman–Crippen MR) is 62.5 cm³/mol. The number of hydrogen-bond acceptors (Lipinski definition) is 2. The molecule has 2 rings (SSSR count). The van der Waals surface area contributed by atoms with Crippen molar-refractivity contribution in [3.8, 4) is 0 Å². The Labute approximate surface area is 94.5 Å². The van der Waals surface area contributed by atoms with E-state index >= 15 is 0 Å². The molecule has 0 atom stereocenters. The zero-order valence-electron chi connectivity index (χ0n) is 8.51. The zero-order chi connectivity index (χ0) is 9.97. The summed E-state index contributed by atoms with van der Waals surface area (Å²) < 4.78 is 1.62. The molecular formula is C11H13ClN2O. The summed E-state index contributed by atoms with van der Waals surface area (Å²) in [6.45, 7) is 2.00. The van der Waals surface area contributed by atoms with Gasteiger partial charge >= 0.3 is 0 Å². The van der Waals surface area contributed by atoms with Gasteiger partial charge < -0.3 is 0 Å². The van der Waals surface area contributed by atoms with Crippen LogP contribution in [0, 0.1) is 0 Å². The highest BCUT2D eigenvalue weighted by molar-refractivity contribution is 5.90. The highest BCUT2D eigenvalue weighted by Gasteiger charge is 2.07. The number of rotatable bonds is 2. The standard InChI is InChI=1S/C11H12N2O.ClH/c1-2-4-10(14)13-8-6-9-5-3-7-12-11(9)13;/h3,5-8H,2,4H2,1H3;1H. The smallest absolute Gasteiger partial charge is 0.232 e. The first-order valence-electron chi connectivity index (χ1n) is 4.78. The third-order valence-corrected chi connectivity index (χ3v) is 2.18. The molecule has 0 fully saturated rings. The van der Waals surface area contributed by atoms with E-state index in [2.05, 4.69) is 4.98 Å². The van der Waals surface area contributed by atoms with Gasteiger partial charge in [-0.15, -0.1) is 12.4 Å². The van der Waals surface area contributed by atoms with Crippen LogP contribution in [0.3, 0.4) is 0 Å². The lowest BCUT2D eigenvalue weighted by Gasteiger charge is -2.00. The van der Waals surface area contributed by atoms with Crippen molar-refractivity contribution in [3.63, 3.8) is 0 Å². The molecule has 2 heterocycles. The number of aromatic nitrogens is 2. The normalized spacial score (nSPS) is 9.93. The molecule has 80 valence electrons. The number of carbonyl (C=O) groups excluding carboxylic acids is 1. The average Bonchev–Trinajstić information content (AvgIpc) is 2.61. The Morgan fingerprint density at radius 1 is 1.47 bits per heavy atom. The molecular weight excluding hydrogens is 212 g/mol. The lowest BCUT2D eigenvalue weighted by atomic mass is 10.3. The van der Waals surface area contributed by atoms with Crippen LogP contribution in [0.1, 0.15) is 24.6 Å². The summed E-state index contributed by atoms with van der Waals surface area (Å²) in [6.07, 6.45) is 4.93. The van der Waals surface area contributed by atoms with Gasteiger partial charge in [0, 0.05) is 24.2 Å². The SMILES string of the molecule is CCCC(=O)n1ccc2cccnc21.Cl. The molecule has 0 aliphatic heterocycles. The molecule has 0 spiro atoms. The van der Waals surface area contributed by atoms with Crippen molar-refractivity contribution in [2.24, 2.45) is 0 Å². The summed E-state index contributed by atoms with van der Waals surface area (Å²) in [5, 5.41) is 1.01. The van der Waals surface area contributed by atoms with Gasteiger partial charge in [-0.25, -0.2) is 4.98 Å². The highest BCUT2D eigenvalue weighted by atomic mass is 35.5. The molecule has 0 aromatic carbocycles. The first-order valence-corrected chi connectivity index (χ1v) is 4.78. The Bertz CT molecular complexity index is 464. The Kier molecular flexibility index (Phi) is 3.86. The highest BCUT2D eigenvalue weighted by Crippen LogP contribution is 2.12. The number of nitrogens with zero attached hydrogens (tertiary/aromatic N) is 2. The fourth-order valence-electron chi connectivity index (χ4n) is 1.50. The molecule has 0 aliphatic rings. The largest absolute Gasteiger partial charge is 0.274 e. The van der Waals surface area contributed by atoms with Gasteiger partial charge in [0.2, 0.25) is 5.91 Å². The maximum atomic E-state index is 11.6. The lowest BCUT2D eigenvalue weighted by molar-refractivity contribution is 0.0906. The summed E-state index contributed by atoms with van der Waals surface area (Å²) in [5.41, 5.74) is 0.756. The molecule has 2 aromatic heterocycles. The summed E-state index contributed by atoms with van der Waals surface area (Å²) >= 11 is 0. The Morgan fingerprint density at radius 2 is 2.27 bits per heavy atom. The van der Waals surface area contributed by atoms with Gasteiger partial charge in [0.05, 0.1) is 0 Å². The molecule has 0 radical (unpaired) electrons. The second-order valence-corrected chi connectivity index (χ2v) is 3.25. The second kappa shape index (κ2) is 4.94. The van der Waals surface area contributed by atoms with E-state index in [1.807, 2.05) is 25.1 Å². The summed E-state index contributed by atoms with van der Waals surface area (Å²) in [5.74, 6) is 0.112. The van der Waals surface area contributed by atoms with Crippen LogP contribution in [0.4, 0.5) is 0 Å². The van der Waals surface area contributed by atoms with Crippen LogP contribution in [0.2, 0.25) is 0 Å². The van der Waals surface area contributed by atoms with Crippen molar-refractivity contribution in [3.05, 3.63) is 30.6 Å². The minimum absolute atomic E-state index is 0. The van der Waals surface area contributed by atoms with Gasteiger partial charge in [-0.2, -0.15) is 0 Å². The van der Waals surface area contributed by atoms with Crippen molar-refractivity contribution in [1.29, 1.82) is 0 Å². The monoisotopic (exact) mass is 224 g/mol. The van der Waals surface area contributed by atoms with Gasteiger partial charge in [0.1, 0.15) is 5.65 Å². The van der Waals surface area contributed by atoms with Gasteiger partial charge in [0.25, 0.3) is 0 Å². The van der Waals surface area contributed by atoms with Crippen LogP contribution in [0.5, 0.6) is 0 Å². The van der Waals surface area contributed by atoms with Crippen molar-refractivity contribution in [1.82, 2.24) is 9.55 Å². The van der Waals surface area contributed by atoms with Crippen LogP contribution in [0.25, 0.3) is 11.0 Å². The fraction of sp³-hybridized carbons (Fsp3) is 0.273. The lowest BCUT2D eigenvalue weighted by Crippen LogP contribution is -2.08. The van der Waals surface area contributed by atoms with E-state index in [9.17, 15) is 4.79 Å². The Morgan fingerprint density at radius 3 is 3.00 bits per heavy atom. The van der Waals surface area contributed by atoms with E-state index in [0.717, 1.165) is 17.5 Å². The molecule has 0 aliphatic carbocycles. The van der Waals surface area contributed by atoms with E-state index in [0.29, 0.717) is 6.42 Å². The van der Waals surface area contributed by atoms with E-state index in [1.54, 1.807) is 17.0 Å². The number of carbonyl (C=O) groups is 1. The first-order chi connectivity index (χ1) is 6.83. The molecule has 0 N–H and O–H groups in total. The van der Waals surface area contributed by atoms with Crippen LogP contribution in [-0.2, 0) is 0 Å². The van der Waals surface area contributed by atoms with Crippen LogP contribution in [-0.4, -0.2) is 15.5 Å². The maximum absolute atomic E-state index is 11.6. The topological polar surface area (TPSA) is 34.9 Å². The molecule has 0 unspecified atom stereocenters. The summed E-state index contributed by atoms with van der Waals surface area (Å²) in [4.78, 5) is 15.8. The molecule has 0 saturated heterocycles. The number of fused-ring (bicyclic) bond motifs is 1. The van der Waals surface area contributed by atoms with Gasteiger partial charge in [-0.05, 0) is 24.6 Å². The number of hydrogen-bond donors (Lipinski definition) is 0. The van der Waals surface area contributed by atoms with E-state index in [4.69, 9.17) is 0 Å². The van der Waals surface area contributed by atoms with Crippen LogP contribution in [0.15, 0.2) is 30.6 Å². The molecule has 4 heteroatoms. The molecule has 2 aromatic rings. The third kappa shape index (κ3) is 2.18. The number of pyridine rings is 1. The molecule has 0 bridgehead atoms. The van der Waals surface area contributed by atoms with Crippen molar-refractivity contribution < 1.29 is 4.79 Å². The minimum atomic E-state index is 0. The zero-order valence-corrected chi connectivity index (χ0v) is 9.33. The minimum Gasteiger partial charge on any atom is -0.274 e. The van der Waals surface area contributed by atoms with E-state index in [-0.39, 0.29) is 18.3 Å². The molecule has 0 saturated carbocycles. The predicted octanol–water partition coefficient (Wildman–Crippen LogP) is 2.90. The van der Waals surface area contributed by atoms with Gasteiger partial charge in [0.15, 0.2) is 0 Å².